The molecule has 0 aliphatic carbocycles. The standard InChI is InChI=1S/4C13H15.2C2H6Si.2ClH.2Zr/c4*1-8-5-12-7-9(2)10(3)11(4)13(12)6-8;2*1-3-2;;;;/h4*5-7H,1-4H3;2*1-2H3;2*1H;;/q4*-1;;;;;2*+2/p-2. The molecule has 8 rings (SSSR count). The molecule has 0 heterocycles. The fourth-order valence-electron chi connectivity index (χ4n) is 7.84. The molecule has 0 aliphatic rings. The maximum Gasteiger partial charge on any atom is -0.0408 e. The molecule has 0 atom stereocenters. The van der Waals surface area contributed by atoms with Crippen LogP contribution in [0.15, 0.2) is 72.8 Å². The molecule has 0 saturated heterocycles. The van der Waals surface area contributed by atoms with Gasteiger partial charge in [-0.3, -0.25) is 0 Å². The minimum absolute atomic E-state index is 0. The Labute approximate surface area is 420 Å². The molecule has 0 saturated carbocycles. The van der Waals surface area contributed by atoms with Crippen molar-refractivity contribution in [2.24, 2.45) is 0 Å². The van der Waals surface area contributed by atoms with Crippen molar-refractivity contribution in [1.82, 2.24) is 0 Å². The van der Waals surface area contributed by atoms with Crippen LogP contribution in [0.2, 0.25) is 26.2 Å². The molecule has 0 unspecified atom stereocenters. The van der Waals surface area contributed by atoms with E-state index in [-0.39, 0.29) is 35.7 Å². The second-order valence-electron chi connectivity index (χ2n) is 17.9. The Balaban J connectivity index is 0.000000386. The number of fused-ring (bicyclic) bond motifs is 4. The van der Waals surface area contributed by atoms with Crippen molar-refractivity contribution >= 4 is 54.0 Å². The molecule has 0 aliphatic heterocycles. The topological polar surface area (TPSA) is 0 Å². The van der Waals surface area contributed by atoms with Crippen molar-refractivity contribution in [3.63, 3.8) is 0 Å². The normalized spacial score (nSPS) is 10.2. The molecule has 0 amide bonds. The summed E-state index contributed by atoms with van der Waals surface area (Å²) in [6, 6.07) is 27.3. The van der Waals surface area contributed by atoms with Gasteiger partial charge < -0.3 is 24.8 Å². The molecule has 0 aromatic heterocycles. The Morgan fingerprint density at radius 3 is 0.581 bits per heavy atom. The number of hydrogen-bond donors (Lipinski definition) is 0. The fourth-order valence-corrected chi connectivity index (χ4v) is 7.84. The van der Waals surface area contributed by atoms with E-state index < -0.39 is 0 Å². The van der Waals surface area contributed by atoms with Crippen LogP contribution < -0.4 is 24.8 Å². The van der Waals surface area contributed by atoms with E-state index in [0.717, 1.165) is 0 Å². The van der Waals surface area contributed by atoms with Gasteiger partial charge in [0, 0.05) is 0 Å². The largest absolute Gasteiger partial charge is 1.00 e. The first kappa shape index (κ1) is 58.1. The van der Waals surface area contributed by atoms with Crippen molar-refractivity contribution in [2.75, 3.05) is 0 Å². The summed E-state index contributed by atoms with van der Waals surface area (Å²) in [5.74, 6) is 0. The van der Waals surface area contributed by atoms with Gasteiger partial charge in [0.1, 0.15) is 0 Å². The van der Waals surface area contributed by atoms with Crippen molar-refractivity contribution in [3.05, 3.63) is 162 Å². The number of hydrogen-bond acceptors (Lipinski definition) is 0. The molecule has 0 fully saturated rings. The molecular weight excluding hydrogens is 982 g/mol. The maximum absolute atomic E-state index is 2.31. The van der Waals surface area contributed by atoms with Crippen molar-refractivity contribution in [1.29, 1.82) is 0 Å². The van der Waals surface area contributed by atoms with E-state index in [1.54, 1.807) is 46.7 Å². The zero-order valence-corrected chi connectivity index (χ0v) is 50.1. The van der Waals surface area contributed by atoms with Gasteiger partial charge in [0.05, 0.1) is 0 Å². The van der Waals surface area contributed by atoms with Crippen LogP contribution >= 0.6 is 0 Å². The summed E-state index contributed by atoms with van der Waals surface area (Å²) in [6.07, 6.45) is 0. The minimum Gasteiger partial charge on any atom is -1.00 e. The average Bonchev–Trinajstić information content (AvgIpc) is 3.92. The molecule has 0 bridgehead atoms. The van der Waals surface area contributed by atoms with Crippen LogP contribution in [0.25, 0.3) is 43.1 Å². The van der Waals surface area contributed by atoms with Crippen LogP contribution in [0.5, 0.6) is 0 Å². The summed E-state index contributed by atoms with van der Waals surface area (Å²) < 4.78 is 0. The van der Waals surface area contributed by atoms with E-state index in [1.165, 1.54) is 132 Å². The van der Waals surface area contributed by atoms with Crippen molar-refractivity contribution < 1.29 is 71.5 Å². The van der Waals surface area contributed by atoms with Gasteiger partial charge in [-0.1, -0.05) is 94.5 Å². The predicted molar refractivity (Wildman–Crippen MR) is 269 cm³/mol. The molecule has 6 heteroatoms. The Morgan fingerprint density at radius 2 is 0.435 bits per heavy atom. The fraction of sp³-hybridized carbons (Fsp3) is 0.357. The van der Waals surface area contributed by atoms with Crippen LogP contribution in [-0.4, -0.2) is 10.9 Å². The molecule has 0 spiro atoms. The Hall–Kier alpha value is -1.90. The zero-order chi connectivity index (χ0) is 45.5. The van der Waals surface area contributed by atoms with Crippen LogP contribution in [0, 0.1) is 111 Å². The van der Waals surface area contributed by atoms with Gasteiger partial charge in [-0.25, -0.2) is 0 Å². The Bertz CT molecular complexity index is 2420. The number of aryl methyl sites for hydroxylation is 12. The number of benzene rings is 4. The summed E-state index contributed by atoms with van der Waals surface area (Å²) >= 11 is 3.48. The van der Waals surface area contributed by atoms with E-state index in [9.17, 15) is 0 Å². The third kappa shape index (κ3) is 15.6. The number of halogens is 2. The molecule has 62 heavy (non-hydrogen) atoms. The average molecular weight is 1050 g/mol. The van der Waals surface area contributed by atoms with Gasteiger partial charge in [-0.2, -0.15) is 24.3 Å². The monoisotopic (exact) mass is 1050 g/mol. The first-order valence-corrected chi connectivity index (χ1v) is 33.8. The third-order valence-electron chi connectivity index (χ3n) is 12.0. The van der Waals surface area contributed by atoms with E-state index in [1.807, 2.05) is 0 Å². The van der Waals surface area contributed by atoms with Crippen LogP contribution in [0.4, 0.5) is 0 Å². The van der Waals surface area contributed by atoms with Crippen LogP contribution in [-0.2, 0) is 46.7 Å². The smallest absolute Gasteiger partial charge is 0.0408 e. The first-order valence-electron chi connectivity index (χ1n) is 21.4. The summed E-state index contributed by atoms with van der Waals surface area (Å²) in [6.45, 7) is 44.3. The molecule has 0 radical (unpaired) electrons. The second kappa shape index (κ2) is 25.7. The third-order valence-corrected chi connectivity index (χ3v) is 12.0. The summed E-state index contributed by atoms with van der Waals surface area (Å²) in [4.78, 5) is 0. The van der Waals surface area contributed by atoms with E-state index in [4.69, 9.17) is 0 Å². The second-order valence-corrected chi connectivity index (χ2v) is 36.7. The molecule has 8 aromatic rings. The quantitative estimate of drug-likeness (QED) is 0.105. The van der Waals surface area contributed by atoms with Crippen LogP contribution in [0.1, 0.15) is 89.0 Å². The van der Waals surface area contributed by atoms with Crippen molar-refractivity contribution in [2.45, 2.75) is 137 Å². The molecule has 0 nitrogen and oxygen atoms in total. The molecule has 0 N–H and O–H groups in total. The van der Waals surface area contributed by atoms with Crippen LogP contribution in [0.3, 0.4) is 0 Å². The predicted octanol–water partition coefficient (Wildman–Crippen LogP) is 10.7. The summed E-state index contributed by atoms with van der Waals surface area (Å²) in [5, 5.41) is 11.2. The van der Waals surface area contributed by atoms with Gasteiger partial charge in [0.25, 0.3) is 0 Å². The number of rotatable bonds is 0. The summed E-state index contributed by atoms with van der Waals surface area (Å²) in [7, 11) is 0. The minimum atomic E-state index is 0. The van der Waals surface area contributed by atoms with Gasteiger partial charge in [-0.15, -0.1) is 114 Å². The van der Waals surface area contributed by atoms with E-state index in [0.29, 0.717) is 0 Å². The molecule has 328 valence electrons. The summed E-state index contributed by atoms with van der Waals surface area (Å²) in [5.41, 5.74) is 22.9. The molecule has 8 aromatic carbocycles. The maximum atomic E-state index is 2.31. The zero-order valence-electron chi connectivity index (χ0n) is 41.7. The van der Waals surface area contributed by atoms with E-state index in [2.05, 4.69) is 210 Å². The van der Waals surface area contributed by atoms with Crippen molar-refractivity contribution in [3.8, 4) is 0 Å². The first-order chi connectivity index (χ1) is 27.8. The van der Waals surface area contributed by atoms with Gasteiger partial charge >= 0.3 is 83.7 Å². The van der Waals surface area contributed by atoms with E-state index >= 15 is 0 Å². The van der Waals surface area contributed by atoms with Gasteiger partial charge in [0.15, 0.2) is 0 Å². The van der Waals surface area contributed by atoms with Gasteiger partial charge in [0.2, 0.25) is 0 Å². The SMILES string of the molecule is C[Si](C)=[Zr+2].C[Si](C)=[Zr+2].Cc1cc2c(C)c(C)c(C)cc2[cH-]1.Cc1cc2c(C)c(C)c(C)cc2[cH-]1.Cc1cc2c(C)c(C)c(C)cc2[cH-]1.Cc1cc2c(C)c(C)c(C)cc2[cH-]1.[Cl-].[Cl-]. The van der Waals surface area contributed by atoms with Gasteiger partial charge in [-0.05, 0) is 83.1 Å². The molecular formula is C56H72Cl2Si2Zr2-2. The Morgan fingerprint density at radius 1 is 0.290 bits per heavy atom. The Kier molecular flexibility index (Phi) is 24.1.